The van der Waals surface area contributed by atoms with Crippen molar-refractivity contribution in [2.75, 3.05) is 0 Å². The Labute approximate surface area is 124 Å². The molecule has 1 heterocycles. The van der Waals surface area contributed by atoms with Crippen LogP contribution in [0.4, 0.5) is 5.82 Å². The Morgan fingerprint density at radius 2 is 1.71 bits per heavy atom. The maximum atomic E-state index is 11.2. The van der Waals surface area contributed by atoms with Crippen LogP contribution < -0.4 is 0 Å². The van der Waals surface area contributed by atoms with Gasteiger partial charge in [-0.15, -0.1) is 0 Å². The van der Waals surface area contributed by atoms with Gasteiger partial charge in [-0.25, -0.2) is 0 Å². The van der Waals surface area contributed by atoms with Crippen LogP contribution in [0.2, 0.25) is 5.02 Å². The van der Waals surface area contributed by atoms with E-state index in [1.165, 1.54) is 4.68 Å². The summed E-state index contributed by atoms with van der Waals surface area (Å²) in [5.74, 6) is -0.291. The molecule has 3 rings (SSSR count). The standard InChI is InChI=1S/C14H9ClN4O2/c15-11-8-6-10(7-9-11)13-14(19(20)21)16-17-18(13)12-4-2-1-3-5-12/h1-9H. The average Bonchev–Trinajstić information content (AvgIpc) is 2.94. The van der Waals surface area contributed by atoms with Gasteiger partial charge in [0.2, 0.25) is 0 Å². The molecule has 0 aliphatic heterocycles. The van der Waals surface area contributed by atoms with Gasteiger partial charge in [-0.3, -0.25) is 0 Å². The van der Waals surface area contributed by atoms with E-state index in [1.54, 1.807) is 36.4 Å². The molecule has 0 atom stereocenters. The minimum atomic E-state index is -0.545. The number of rotatable bonds is 3. The number of aromatic nitrogens is 3. The molecule has 0 aliphatic carbocycles. The van der Waals surface area contributed by atoms with E-state index in [-0.39, 0.29) is 5.82 Å². The minimum Gasteiger partial charge on any atom is -0.358 e. The highest BCUT2D eigenvalue weighted by Crippen LogP contribution is 2.30. The van der Waals surface area contributed by atoms with Crippen molar-refractivity contribution in [1.29, 1.82) is 0 Å². The van der Waals surface area contributed by atoms with E-state index < -0.39 is 4.92 Å². The number of para-hydroxylation sites is 1. The van der Waals surface area contributed by atoms with Gasteiger partial charge in [0.05, 0.1) is 10.9 Å². The number of halogens is 1. The molecular weight excluding hydrogens is 292 g/mol. The van der Waals surface area contributed by atoms with Crippen LogP contribution >= 0.6 is 11.6 Å². The molecule has 0 N–H and O–H groups in total. The molecule has 0 saturated carbocycles. The third-order valence-electron chi connectivity index (χ3n) is 2.94. The third-order valence-corrected chi connectivity index (χ3v) is 3.20. The van der Waals surface area contributed by atoms with Crippen LogP contribution in [0.25, 0.3) is 16.9 Å². The van der Waals surface area contributed by atoms with Crippen molar-refractivity contribution in [3.8, 4) is 16.9 Å². The van der Waals surface area contributed by atoms with Gasteiger partial charge in [-0.1, -0.05) is 41.9 Å². The van der Waals surface area contributed by atoms with E-state index in [4.69, 9.17) is 11.6 Å². The summed E-state index contributed by atoms with van der Waals surface area (Å²) >= 11 is 5.86. The van der Waals surface area contributed by atoms with E-state index in [0.29, 0.717) is 22.0 Å². The molecule has 1 aromatic heterocycles. The lowest BCUT2D eigenvalue weighted by atomic mass is 10.1. The lowest BCUT2D eigenvalue weighted by Gasteiger charge is -2.05. The first-order valence-electron chi connectivity index (χ1n) is 6.08. The Hall–Kier alpha value is -2.73. The fraction of sp³-hybridized carbons (Fsp3) is 0. The Balaban J connectivity index is 2.23. The van der Waals surface area contributed by atoms with E-state index in [9.17, 15) is 10.1 Å². The zero-order chi connectivity index (χ0) is 14.8. The van der Waals surface area contributed by atoms with Gasteiger partial charge in [-0.05, 0) is 29.2 Å². The largest absolute Gasteiger partial charge is 0.419 e. The van der Waals surface area contributed by atoms with Gasteiger partial charge >= 0.3 is 5.82 Å². The molecule has 0 spiro atoms. The Bertz CT molecular complexity index is 784. The van der Waals surface area contributed by atoms with Crippen LogP contribution in [0.1, 0.15) is 0 Å². The summed E-state index contributed by atoms with van der Waals surface area (Å²) in [6.45, 7) is 0. The monoisotopic (exact) mass is 300 g/mol. The Kier molecular flexibility index (Phi) is 3.37. The smallest absolute Gasteiger partial charge is 0.358 e. The summed E-state index contributed by atoms with van der Waals surface area (Å²) < 4.78 is 1.45. The molecule has 0 unspecified atom stereocenters. The van der Waals surface area contributed by atoms with Crippen LogP contribution in [-0.4, -0.2) is 19.9 Å². The lowest BCUT2D eigenvalue weighted by molar-refractivity contribution is -0.388. The molecule has 0 bridgehead atoms. The average molecular weight is 301 g/mol. The van der Waals surface area contributed by atoms with Crippen molar-refractivity contribution in [3.63, 3.8) is 0 Å². The summed E-state index contributed by atoms with van der Waals surface area (Å²) in [5.41, 5.74) is 1.64. The van der Waals surface area contributed by atoms with E-state index in [1.807, 2.05) is 18.2 Å². The van der Waals surface area contributed by atoms with Crippen LogP contribution in [0.3, 0.4) is 0 Å². The summed E-state index contributed by atoms with van der Waals surface area (Å²) in [6, 6.07) is 15.9. The van der Waals surface area contributed by atoms with Crippen molar-refractivity contribution >= 4 is 17.4 Å². The van der Waals surface area contributed by atoms with Gasteiger partial charge in [0.25, 0.3) is 0 Å². The first kappa shape index (κ1) is 13.3. The Morgan fingerprint density at radius 3 is 2.33 bits per heavy atom. The quantitative estimate of drug-likeness (QED) is 0.548. The summed E-state index contributed by atoms with van der Waals surface area (Å²) in [5, 5.41) is 19.3. The fourth-order valence-corrected chi connectivity index (χ4v) is 2.13. The van der Waals surface area contributed by atoms with Gasteiger partial charge in [-0.2, -0.15) is 4.68 Å². The fourth-order valence-electron chi connectivity index (χ4n) is 2.01. The molecule has 21 heavy (non-hydrogen) atoms. The molecule has 3 aromatic rings. The predicted octanol–water partition coefficient (Wildman–Crippen LogP) is 3.50. The lowest BCUT2D eigenvalue weighted by Crippen LogP contribution is -2.00. The van der Waals surface area contributed by atoms with Gasteiger partial charge < -0.3 is 10.1 Å². The zero-order valence-corrected chi connectivity index (χ0v) is 11.4. The second-order valence-corrected chi connectivity index (χ2v) is 4.71. The van der Waals surface area contributed by atoms with Gasteiger partial charge in [0, 0.05) is 10.6 Å². The van der Waals surface area contributed by atoms with Crippen LogP contribution in [0, 0.1) is 10.1 Å². The number of nitro groups is 1. The highest BCUT2D eigenvalue weighted by Gasteiger charge is 2.26. The van der Waals surface area contributed by atoms with Crippen LogP contribution in [-0.2, 0) is 0 Å². The van der Waals surface area contributed by atoms with E-state index >= 15 is 0 Å². The zero-order valence-electron chi connectivity index (χ0n) is 10.7. The van der Waals surface area contributed by atoms with E-state index in [2.05, 4.69) is 10.3 Å². The molecule has 6 nitrogen and oxygen atoms in total. The van der Waals surface area contributed by atoms with Crippen LogP contribution in [0.15, 0.2) is 54.6 Å². The van der Waals surface area contributed by atoms with E-state index in [0.717, 1.165) is 0 Å². The number of nitrogens with zero attached hydrogens (tertiary/aromatic N) is 4. The molecule has 0 fully saturated rings. The van der Waals surface area contributed by atoms with Crippen molar-refractivity contribution in [1.82, 2.24) is 15.0 Å². The van der Waals surface area contributed by atoms with Crippen molar-refractivity contribution in [3.05, 3.63) is 69.7 Å². The maximum absolute atomic E-state index is 11.2. The van der Waals surface area contributed by atoms with Gasteiger partial charge in [0.1, 0.15) is 5.10 Å². The molecular formula is C14H9ClN4O2. The highest BCUT2D eigenvalue weighted by molar-refractivity contribution is 6.30. The summed E-state index contributed by atoms with van der Waals surface area (Å²) in [7, 11) is 0. The SMILES string of the molecule is O=[N+]([O-])c1nnn(-c2ccccc2)c1-c1ccc(Cl)cc1. The van der Waals surface area contributed by atoms with Crippen molar-refractivity contribution in [2.45, 2.75) is 0 Å². The number of benzene rings is 2. The second-order valence-electron chi connectivity index (χ2n) is 4.27. The molecule has 0 amide bonds. The number of hydrogen-bond acceptors (Lipinski definition) is 4. The van der Waals surface area contributed by atoms with Crippen molar-refractivity contribution in [2.24, 2.45) is 0 Å². The number of hydrogen-bond donors (Lipinski definition) is 0. The molecule has 7 heteroatoms. The normalized spacial score (nSPS) is 10.5. The third kappa shape index (κ3) is 2.48. The first-order chi connectivity index (χ1) is 10.2. The molecule has 0 radical (unpaired) electrons. The van der Waals surface area contributed by atoms with Gasteiger partial charge in [0.15, 0.2) is 5.69 Å². The maximum Gasteiger partial charge on any atom is 0.419 e. The highest BCUT2D eigenvalue weighted by atomic mass is 35.5. The summed E-state index contributed by atoms with van der Waals surface area (Å²) in [6.07, 6.45) is 0. The topological polar surface area (TPSA) is 73.8 Å². The van der Waals surface area contributed by atoms with Crippen LogP contribution in [0.5, 0.6) is 0 Å². The molecule has 0 aliphatic rings. The summed E-state index contributed by atoms with van der Waals surface area (Å²) in [4.78, 5) is 10.6. The molecule has 0 saturated heterocycles. The molecule has 104 valence electrons. The minimum absolute atomic E-state index is 0.291. The van der Waals surface area contributed by atoms with Crippen molar-refractivity contribution < 1.29 is 4.92 Å². The predicted molar refractivity (Wildman–Crippen MR) is 78.5 cm³/mol. The first-order valence-corrected chi connectivity index (χ1v) is 6.46. The molecule has 2 aromatic carbocycles. The second kappa shape index (κ2) is 5.34. The Morgan fingerprint density at radius 1 is 1.05 bits per heavy atom.